The van der Waals surface area contributed by atoms with Gasteiger partial charge in [-0.25, -0.2) is 9.59 Å². The number of carbonyl (C=O) groups excluding carboxylic acids is 2. The van der Waals surface area contributed by atoms with Gasteiger partial charge in [0.15, 0.2) is 0 Å². The van der Waals surface area contributed by atoms with Crippen molar-refractivity contribution in [3.63, 3.8) is 0 Å². The van der Waals surface area contributed by atoms with Crippen LogP contribution in [0.2, 0.25) is 5.02 Å². The third-order valence-corrected chi connectivity index (χ3v) is 5.17. The molecule has 0 aromatic heterocycles. The van der Waals surface area contributed by atoms with Gasteiger partial charge in [-0.1, -0.05) is 75.6 Å². The molecular weight excluding hydrogens is 400 g/mol. The van der Waals surface area contributed by atoms with Gasteiger partial charge >= 0.3 is 11.9 Å². The molecule has 0 saturated heterocycles. The topological polar surface area (TPSA) is 52.6 Å². The third kappa shape index (κ3) is 7.83. The number of ether oxygens (including phenoxy) is 2. The van der Waals surface area contributed by atoms with Gasteiger partial charge in [0.05, 0.1) is 17.7 Å². The van der Waals surface area contributed by atoms with Crippen LogP contribution in [-0.4, -0.2) is 18.5 Å². The van der Waals surface area contributed by atoms with Crippen LogP contribution in [0, 0.1) is 6.92 Å². The number of hydrogen-bond donors (Lipinski definition) is 0. The molecule has 0 aliphatic carbocycles. The Hall–Kier alpha value is -2.33. The van der Waals surface area contributed by atoms with Crippen molar-refractivity contribution in [2.24, 2.45) is 0 Å². The zero-order valence-corrected chi connectivity index (χ0v) is 18.7. The van der Waals surface area contributed by atoms with Crippen LogP contribution in [-0.2, 0) is 4.74 Å². The zero-order valence-electron chi connectivity index (χ0n) is 17.9. The summed E-state index contributed by atoms with van der Waals surface area (Å²) in [6.07, 6.45) is 9.39. The van der Waals surface area contributed by atoms with Gasteiger partial charge in [-0.3, -0.25) is 0 Å². The maximum atomic E-state index is 12.6. The average molecular weight is 431 g/mol. The summed E-state index contributed by atoms with van der Waals surface area (Å²) < 4.78 is 10.9. The number of hydrogen-bond acceptors (Lipinski definition) is 4. The van der Waals surface area contributed by atoms with Crippen molar-refractivity contribution >= 4 is 23.5 Å². The third-order valence-electron chi connectivity index (χ3n) is 4.94. The second-order valence-corrected chi connectivity index (χ2v) is 7.89. The van der Waals surface area contributed by atoms with Crippen LogP contribution in [0.15, 0.2) is 42.5 Å². The molecule has 2 rings (SSSR count). The Morgan fingerprint density at radius 2 is 1.43 bits per heavy atom. The lowest BCUT2D eigenvalue weighted by molar-refractivity contribution is 0.0489. The van der Waals surface area contributed by atoms with E-state index < -0.39 is 11.9 Å². The summed E-state index contributed by atoms with van der Waals surface area (Å²) in [6, 6.07) is 11.6. The average Bonchev–Trinajstić information content (AvgIpc) is 2.74. The van der Waals surface area contributed by atoms with Gasteiger partial charge < -0.3 is 9.47 Å². The molecule has 0 atom stereocenters. The lowest BCUT2D eigenvalue weighted by Gasteiger charge is -2.11. The first-order valence-corrected chi connectivity index (χ1v) is 11.1. The Balaban J connectivity index is 1.85. The smallest absolute Gasteiger partial charge is 0.344 e. The van der Waals surface area contributed by atoms with Gasteiger partial charge in [-0.05, 0) is 49.2 Å². The Kier molecular flexibility index (Phi) is 10.4. The summed E-state index contributed by atoms with van der Waals surface area (Å²) in [4.78, 5) is 25.1. The fraction of sp³-hybridized carbons (Fsp3) is 0.440. The Labute approximate surface area is 184 Å². The predicted octanol–water partition coefficient (Wildman–Crippen LogP) is 7.17. The highest BCUT2D eigenvalue weighted by Crippen LogP contribution is 2.23. The Bertz CT molecular complexity index is 832. The van der Waals surface area contributed by atoms with Gasteiger partial charge in [0, 0.05) is 5.02 Å². The van der Waals surface area contributed by atoms with E-state index in [1.54, 1.807) is 49.4 Å². The number of esters is 2. The molecule has 0 saturated carbocycles. The van der Waals surface area contributed by atoms with E-state index in [4.69, 9.17) is 21.1 Å². The molecule has 0 amide bonds. The van der Waals surface area contributed by atoms with Crippen molar-refractivity contribution in [2.75, 3.05) is 6.61 Å². The van der Waals surface area contributed by atoms with E-state index in [2.05, 4.69) is 6.92 Å². The number of aryl methyl sites for hydroxylation is 1. The molecule has 2 aromatic carbocycles. The van der Waals surface area contributed by atoms with Crippen molar-refractivity contribution in [3.05, 3.63) is 64.2 Å². The largest absolute Gasteiger partial charge is 0.462 e. The quantitative estimate of drug-likeness (QED) is 0.203. The monoisotopic (exact) mass is 430 g/mol. The maximum absolute atomic E-state index is 12.6. The molecule has 5 heteroatoms. The summed E-state index contributed by atoms with van der Waals surface area (Å²) in [6.45, 7) is 4.37. The molecule has 0 N–H and O–H groups in total. The summed E-state index contributed by atoms with van der Waals surface area (Å²) >= 11 is 5.94. The van der Waals surface area contributed by atoms with Crippen molar-refractivity contribution in [1.82, 2.24) is 0 Å². The molecule has 0 bridgehead atoms. The van der Waals surface area contributed by atoms with Crippen LogP contribution in [0.3, 0.4) is 0 Å². The SMILES string of the molecule is CCCCCCCCCCOC(=O)c1ccccc1C(=O)Oc1ccc(Cl)cc1C. The van der Waals surface area contributed by atoms with E-state index in [1.165, 1.54) is 32.1 Å². The summed E-state index contributed by atoms with van der Waals surface area (Å²) in [5.74, 6) is -0.690. The van der Waals surface area contributed by atoms with E-state index in [0.29, 0.717) is 17.4 Å². The lowest BCUT2D eigenvalue weighted by atomic mass is 10.1. The van der Waals surface area contributed by atoms with Gasteiger partial charge in [-0.2, -0.15) is 0 Å². The standard InChI is InChI=1S/C25H31ClO4/c1-3-4-5-6-7-8-9-12-17-29-24(27)21-13-10-11-14-22(21)25(28)30-23-16-15-20(26)18-19(23)2/h10-11,13-16,18H,3-9,12,17H2,1-2H3. The molecule has 162 valence electrons. The number of carbonyl (C=O) groups is 2. The highest BCUT2D eigenvalue weighted by atomic mass is 35.5. The number of unbranched alkanes of at least 4 members (excludes halogenated alkanes) is 7. The minimum atomic E-state index is -0.597. The van der Waals surface area contributed by atoms with Gasteiger partial charge in [-0.15, -0.1) is 0 Å². The van der Waals surface area contributed by atoms with Gasteiger partial charge in [0.2, 0.25) is 0 Å². The van der Waals surface area contributed by atoms with Crippen molar-refractivity contribution < 1.29 is 19.1 Å². The van der Waals surface area contributed by atoms with Crippen molar-refractivity contribution in [1.29, 1.82) is 0 Å². The molecule has 0 aliphatic heterocycles. The number of halogens is 1. The molecule has 2 aromatic rings. The molecule has 0 fully saturated rings. The summed E-state index contributed by atoms with van der Waals surface area (Å²) in [5, 5.41) is 0.567. The lowest BCUT2D eigenvalue weighted by Crippen LogP contribution is -2.16. The molecule has 30 heavy (non-hydrogen) atoms. The van der Waals surface area contributed by atoms with Gasteiger partial charge in [0.1, 0.15) is 5.75 Å². The van der Waals surface area contributed by atoms with Crippen LogP contribution in [0.4, 0.5) is 0 Å². The van der Waals surface area contributed by atoms with E-state index >= 15 is 0 Å². The van der Waals surface area contributed by atoms with E-state index in [0.717, 1.165) is 24.8 Å². The number of benzene rings is 2. The van der Waals surface area contributed by atoms with Crippen LogP contribution >= 0.6 is 11.6 Å². The minimum Gasteiger partial charge on any atom is -0.462 e. The summed E-state index contributed by atoms with van der Waals surface area (Å²) in [5.41, 5.74) is 1.15. The van der Waals surface area contributed by atoms with Crippen LogP contribution in [0.1, 0.15) is 84.6 Å². The van der Waals surface area contributed by atoms with Crippen LogP contribution in [0.25, 0.3) is 0 Å². The molecule has 0 spiro atoms. The van der Waals surface area contributed by atoms with Crippen LogP contribution < -0.4 is 4.74 Å². The molecule has 0 aliphatic rings. The first-order valence-electron chi connectivity index (χ1n) is 10.8. The van der Waals surface area contributed by atoms with E-state index in [-0.39, 0.29) is 11.1 Å². The molecular formula is C25H31ClO4. The highest BCUT2D eigenvalue weighted by molar-refractivity contribution is 6.30. The zero-order chi connectivity index (χ0) is 21.8. The Morgan fingerprint density at radius 1 is 0.833 bits per heavy atom. The first kappa shape index (κ1) is 23.9. The molecule has 0 heterocycles. The fourth-order valence-electron chi connectivity index (χ4n) is 3.20. The highest BCUT2D eigenvalue weighted by Gasteiger charge is 2.20. The molecule has 0 radical (unpaired) electrons. The molecule has 4 nitrogen and oxygen atoms in total. The second kappa shape index (κ2) is 13.1. The van der Waals surface area contributed by atoms with E-state index in [1.807, 2.05) is 0 Å². The van der Waals surface area contributed by atoms with Gasteiger partial charge in [0.25, 0.3) is 0 Å². The first-order chi connectivity index (χ1) is 14.5. The van der Waals surface area contributed by atoms with Crippen molar-refractivity contribution in [2.45, 2.75) is 65.2 Å². The summed E-state index contributed by atoms with van der Waals surface area (Å²) in [7, 11) is 0. The molecule has 0 unspecified atom stereocenters. The van der Waals surface area contributed by atoms with Crippen LogP contribution in [0.5, 0.6) is 5.75 Å². The van der Waals surface area contributed by atoms with E-state index in [9.17, 15) is 9.59 Å². The number of rotatable bonds is 12. The fourth-order valence-corrected chi connectivity index (χ4v) is 3.43. The normalized spacial score (nSPS) is 10.6. The maximum Gasteiger partial charge on any atom is 0.344 e. The second-order valence-electron chi connectivity index (χ2n) is 7.46. The predicted molar refractivity (Wildman–Crippen MR) is 120 cm³/mol. The van der Waals surface area contributed by atoms with Crippen molar-refractivity contribution in [3.8, 4) is 5.75 Å². The Morgan fingerprint density at radius 3 is 2.07 bits per heavy atom. The minimum absolute atomic E-state index is 0.188.